The van der Waals surface area contributed by atoms with E-state index in [0.29, 0.717) is 41.2 Å². The minimum absolute atomic E-state index is 0.183. The molecule has 7 nitrogen and oxygen atoms in total. The molecule has 0 bridgehead atoms. The SMILES string of the molecule is Cc1cc(-c2cc(C(=O)NCCCOC(C)C)c3c(C)noc3n2)c(C)o1. The molecule has 27 heavy (non-hydrogen) atoms. The zero-order valence-corrected chi connectivity index (χ0v) is 16.4. The number of hydrogen-bond acceptors (Lipinski definition) is 6. The van der Waals surface area contributed by atoms with Crippen LogP contribution in [-0.4, -0.2) is 35.3 Å². The Morgan fingerprint density at radius 3 is 2.70 bits per heavy atom. The van der Waals surface area contributed by atoms with E-state index in [1.54, 1.807) is 13.0 Å². The van der Waals surface area contributed by atoms with Crippen molar-refractivity contribution in [2.45, 2.75) is 47.1 Å². The third-order valence-electron chi connectivity index (χ3n) is 4.24. The summed E-state index contributed by atoms with van der Waals surface area (Å²) in [5.41, 5.74) is 2.94. The molecule has 1 N–H and O–H groups in total. The summed E-state index contributed by atoms with van der Waals surface area (Å²) in [7, 11) is 0. The average molecular weight is 371 g/mol. The van der Waals surface area contributed by atoms with Crippen LogP contribution in [0.25, 0.3) is 22.4 Å². The smallest absolute Gasteiger partial charge is 0.259 e. The molecule has 0 aliphatic rings. The number of ether oxygens (including phenoxy) is 1. The normalized spacial score (nSPS) is 11.5. The number of amides is 1. The first-order valence-corrected chi connectivity index (χ1v) is 9.11. The number of furan rings is 1. The van der Waals surface area contributed by atoms with Crippen molar-refractivity contribution in [3.8, 4) is 11.3 Å². The van der Waals surface area contributed by atoms with E-state index in [1.807, 2.05) is 33.8 Å². The number of fused-ring (bicyclic) bond motifs is 1. The lowest BCUT2D eigenvalue weighted by Gasteiger charge is -2.09. The predicted molar refractivity (Wildman–Crippen MR) is 102 cm³/mol. The van der Waals surface area contributed by atoms with Crippen LogP contribution in [0.3, 0.4) is 0 Å². The highest BCUT2D eigenvalue weighted by Crippen LogP contribution is 2.30. The molecule has 0 fully saturated rings. The summed E-state index contributed by atoms with van der Waals surface area (Å²) >= 11 is 0. The quantitative estimate of drug-likeness (QED) is 0.632. The van der Waals surface area contributed by atoms with Crippen LogP contribution in [-0.2, 0) is 4.74 Å². The fourth-order valence-corrected chi connectivity index (χ4v) is 2.99. The molecule has 3 heterocycles. The first kappa shape index (κ1) is 19.1. The summed E-state index contributed by atoms with van der Waals surface area (Å²) in [6.07, 6.45) is 0.928. The molecule has 0 aliphatic heterocycles. The van der Waals surface area contributed by atoms with E-state index in [2.05, 4.69) is 15.5 Å². The van der Waals surface area contributed by atoms with Crippen molar-refractivity contribution in [2.75, 3.05) is 13.2 Å². The fraction of sp³-hybridized carbons (Fsp3) is 0.450. The van der Waals surface area contributed by atoms with Crippen LogP contribution in [0.1, 0.15) is 47.8 Å². The molecule has 0 unspecified atom stereocenters. The van der Waals surface area contributed by atoms with Gasteiger partial charge < -0.3 is 19.0 Å². The van der Waals surface area contributed by atoms with E-state index < -0.39 is 0 Å². The Hall–Kier alpha value is -2.67. The van der Waals surface area contributed by atoms with E-state index in [-0.39, 0.29) is 12.0 Å². The summed E-state index contributed by atoms with van der Waals surface area (Å²) in [4.78, 5) is 17.3. The van der Waals surface area contributed by atoms with Crippen LogP contribution < -0.4 is 5.32 Å². The Labute approximate surface area is 158 Å². The third kappa shape index (κ3) is 4.19. The molecule has 0 aliphatic carbocycles. The summed E-state index contributed by atoms with van der Waals surface area (Å²) < 4.78 is 16.4. The van der Waals surface area contributed by atoms with Gasteiger partial charge in [0, 0.05) is 18.7 Å². The zero-order chi connectivity index (χ0) is 19.6. The number of carbonyl (C=O) groups is 1. The van der Waals surface area contributed by atoms with Gasteiger partial charge in [0.2, 0.25) is 0 Å². The minimum atomic E-state index is -0.183. The molecule has 0 aromatic carbocycles. The fourth-order valence-electron chi connectivity index (χ4n) is 2.99. The van der Waals surface area contributed by atoms with Crippen molar-refractivity contribution >= 4 is 17.0 Å². The molecule has 0 saturated carbocycles. The van der Waals surface area contributed by atoms with Crippen LogP contribution in [0.5, 0.6) is 0 Å². The van der Waals surface area contributed by atoms with E-state index in [0.717, 1.165) is 23.5 Å². The van der Waals surface area contributed by atoms with Gasteiger partial charge in [0.25, 0.3) is 11.6 Å². The lowest BCUT2D eigenvalue weighted by Crippen LogP contribution is -2.26. The summed E-state index contributed by atoms with van der Waals surface area (Å²) in [6, 6.07) is 3.67. The van der Waals surface area contributed by atoms with Gasteiger partial charge in [-0.3, -0.25) is 4.79 Å². The van der Waals surface area contributed by atoms with Crippen molar-refractivity contribution in [1.82, 2.24) is 15.5 Å². The number of rotatable bonds is 7. The number of aryl methyl sites for hydroxylation is 3. The van der Waals surface area contributed by atoms with Crippen molar-refractivity contribution in [2.24, 2.45) is 0 Å². The number of pyridine rings is 1. The van der Waals surface area contributed by atoms with E-state index in [1.165, 1.54) is 0 Å². The second-order valence-corrected chi connectivity index (χ2v) is 6.86. The Bertz CT molecular complexity index is 956. The number of carbonyl (C=O) groups excluding carboxylic acids is 1. The second-order valence-electron chi connectivity index (χ2n) is 6.86. The first-order chi connectivity index (χ1) is 12.9. The van der Waals surface area contributed by atoms with Gasteiger partial charge in [0.05, 0.1) is 28.4 Å². The maximum Gasteiger partial charge on any atom is 0.259 e. The van der Waals surface area contributed by atoms with Gasteiger partial charge in [-0.05, 0) is 53.2 Å². The van der Waals surface area contributed by atoms with Gasteiger partial charge >= 0.3 is 0 Å². The Kier molecular flexibility index (Phi) is 5.60. The van der Waals surface area contributed by atoms with Crippen molar-refractivity contribution in [1.29, 1.82) is 0 Å². The molecule has 3 rings (SSSR count). The largest absolute Gasteiger partial charge is 0.466 e. The van der Waals surface area contributed by atoms with Gasteiger partial charge in [-0.25, -0.2) is 4.98 Å². The van der Waals surface area contributed by atoms with Crippen molar-refractivity contribution in [3.63, 3.8) is 0 Å². The third-order valence-corrected chi connectivity index (χ3v) is 4.24. The van der Waals surface area contributed by atoms with Gasteiger partial charge in [-0.15, -0.1) is 0 Å². The van der Waals surface area contributed by atoms with Gasteiger partial charge in [-0.2, -0.15) is 0 Å². The van der Waals surface area contributed by atoms with Gasteiger partial charge in [0.1, 0.15) is 11.5 Å². The molecule has 0 spiro atoms. The zero-order valence-electron chi connectivity index (χ0n) is 16.4. The molecule has 3 aromatic heterocycles. The molecule has 3 aromatic rings. The Morgan fingerprint density at radius 1 is 1.26 bits per heavy atom. The van der Waals surface area contributed by atoms with Crippen molar-refractivity contribution in [3.05, 3.63) is 34.9 Å². The first-order valence-electron chi connectivity index (χ1n) is 9.11. The molecular formula is C20H25N3O4. The number of nitrogens with zero attached hydrogens (tertiary/aromatic N) is 2. The van der Waals surface area contributed by atoms with Crippen LogP contribution in [0.4, 0.5) is 0 Å². The summed E-state index contributed by atoms with van der Waals surface area (Å²) in [5.74, 6) is 1.35. The second kappa shape index (κ2) is 7.92. The molecule has 0 atom stereocenters. The molecule has 7 heteroatoms. The monoisotopic (exact) mass is 371 g/mol. The summed E-state index contributed by atoms with van der Waals surface area (Å²) in [6.45, 7) is 10.7. The predicted octanol–water partition coefficient (Wildman–Crippen LogP) is 3.95. The van der Waals surface area contributed by atoms with Gasteiger partial charge in [-0.1, -0.05) is 5.16 Å². The highest BCUT2D eigenvalue weighted by Gasteiger charge is 2.20. The molecule has 1 amide bonds. The van der Waals surface area contributed by atoms with Crippen LogP contribution in [0.2, 0.25) is 0 Å². The van der Waals surface area contributed by atoms with Crippen LogP contribution in [0.15, 0.2) is 21.1 Å². The molecule has 0 radical (unpaired) electrons. The van der Waals surface area contributed by atoms with Crippen LogP contribution in [0, 0.1) is 20.8 Å². The summed E-state index contributed by atoms with van der Waals surface area (Å²) in [5, 5.41) is 7.54. The Morgan fingerprint density at radius 2 is 2.04 bits per heavy atom. The lowest BCUT2D eigenvalue weighted by atomic mass is 10.1. The number of hydrogen-bond donors (Lipinski definition) is 1. The average Bonchev–Trinajstić information content (AvgIpc) is 3.15. The number of aromatic nitrogens is 2. The maximum atomic E-state index is 12.8. The Balaban J connectivity index is 1.88. The topological polar surface area (TPSA) is 90.4 Å². The van der Waals surface area contributed by atoms with E-state index in [9.17, 15) is 4.79 Å². The standard InChI is InChI=1S/C20H25N3O4/c1-11(2)25-8-6-7-21-19(24)16-10-17(15-9-12(3)26-14(15)5)22-20-18(16)13(4)23-27-20/h9-11H,6-8H2,1-5H3,(H,21,24). The molecular weight excluding hydrogens is 346 g/mol. The van der Waals surface area contributed by atoms with E-state index in [4.69, 9.17) is 13.7 Å². The highest BCUT2D eigenvalue weighted by molar-refractivity contribution is 6.07. The lowest BCUT2D eigenvalue weighted by molar-refractivity contribution is 0.0757. The van der Waals surface area contributed by atoms with Crippen LogP contribution >= 0.6 is 0 Å². The number of nitrogens with one attached hydrogen (secondary N) is 1. The minimum Gasteiger partial charge on any atom is -0.466 e. The van der Waals surface area contributed by atoms with Crippen molar-refractivity contribution < 1.29 is 18.5 Å². The molecule has 144 valence electrons. The van der Waals surface area contributed by atoms with E-state index >= 15 is 0 Å². The highest BCUT2D eigenvalue weighted by atomic mass is 16.5. The molecule has 0 saturated heterocycles. The van der Waals surface area contributed by atoms with Gasteiger partial charge in [0.15, 0.2) is 0 Å². The maximum absolute atomic E-state index is 12.8.